The number of sulfonamides is 1. The third-order valence-corrected chi connectivity index (χ3v) is 6.98. The fourth-order valence-corrected chi connectivity index (χ4v) is 5.41. The third-order valence-electron chi connectivity index (χ3n) is 5.07. The van der Waals surface area contributed by atoms with Crippen LogP contribution in [-0.2, 0) is 19.6 Å². The van der Waals surface area contributed by atoms with E-state index in [4.69, 9.17) is 0 Å². The van der Waals surface area contributed by atoms with Gasteiger partial charge in [0.15, 0.2) is 0 Å². The van der Waals surface area contributed by atoms with Crippen LogP contribution in [0, 0.1) is 5.92 Å². The van der Waals surface area contributed by atoms with Crippen molar-refractivity contribution in [2.75, 3.05) is 18.8 Å². The number of fused-ring (bicyclic) bond motifs is 1. The van der Waals surface area contributed by atoms with Crippen LogP contribution in [0.5, 0.6) is 0 Å². The summed E-state index contributed by atoms with van der Waals surface area (Å²) in [7, 11) is -3.70. The van der Waals surface area contributed by atoms with Gasteiger partial charge in [0, 0.05) is 19.1 Å². The molecule has 1 heterocycles. The maximum atomic E-state index is 12.6. The van der Waals surface area contributed by atoms with Crippen molar-refractivity contribution in [3.8, 4) is 0 Å². The van der Waals surface area contributed by atoms with Gasteiger partial charge in [-0.1, -0.05) is 26.7 Å². The number of nitrogens with zero attached hydrogens (tertiary/aromatic N) is 2. The van der Waals surface area contributed by atoms with Crippen molar-refractivity contribution in [1.29, 1.82) is 0 Å². The van der Waals surface area contributed by atoms with E-state index in [1.807, 2.05) is 0 Å². The predicted molar refractivity (Wildman–Crippen MR) is 85.3 cm³/mol. The summed E-state index contributed by atoms with van der Waals surface area (Å²) in [5, 5.41) is 9.43. The molecule has 0 unspecified atom stereocenters. The zero-order valence-electron chi connectivity index (χ0n) is 13.8. The summed E-state index contributed by atoms with van der Waals surface area (Å²) in [6, 6.07) is -1.01. The Kier molecular flexibility index (Phi) is 5.67. The van der Waals surface area contributed by atoms with E-state index in [2.05, 4.69) is 0 Å². The molecule has 23 heavy (non-hydrogen) atoms. The van der Waals surface area contributed by atoms with Crippen LogP contribution >= 0.6 is 0 Å². The summed E-state index contributed by atoms with van der Waals surface area (Å²) >= 11 is 0. The molecule has 0 radical (unpaired) electrons. The third kappa shape index (κ3) is 3.68. The van der Waals surface area contributed by atoms with E-state index in [9.17, 15) is 23.1 Å². The van der Waals surface area contributed by atoms with E-state index in [1.165, 1.54) is 9.21 Å². The molecule has 8 heteroatoms. The SMILES string of the molecule is CCN(CC)S(=O)(=O)CC(=O)N1[C@@H]2CCCC[C@H]2C[C@H]1C(=O)O. The first-order chi connectivity index (χ1) is 10.8. The summed E-state index contributed by atoms with van der Waals surface area (Å²) in [4.78, 5) is 25.5. The first kappa shape index (κ1) is 18.2. The Hall–Kier alpha value is -1.15. The van der Waals surface area contributed by atoms with Gasteiger partial charge in [0.25, 0.3) is 0 Å². The highest BCUT2D eigenvalue weighted by Crippen LogP contribution is 2.40. The van der Waals surface area contributed by atoms with E-state index in [-0.39, 0.29) is 12.0 Å². The van der Waals surface area contributed by atoms with Gasteiger partial charge >= 0.3 is 5.97 Å². The molecule has 3 atom stereocenters. The van der Waals surface area contributed by atoms with Gasteiger partial charge in [-0.2, -0.15) is 0 Å². The molecule has 2 rings (SSSR count). The summed E-state index contributed by atoms with van der Waals surface area (Å²) in [6.07, 6.45) is 4.14. The summed E-state index contributed by atoms with van der Waals surface area (Å²) in [5.74, 6) is -2.06. The highest BCUT2D eigenvalue weighted by atomic mass is 32.2. The zero-order valence-corrected chi connectivity index (χ0v) is 14.6. The van der Waals surface area contributed by atoms with Gasteiger partial charge in [-0.15, -0.1) is 0 Å². The van der Waals surface area contributed by atoms with Crippen LogP contribution in [0.1, 0.15) is 46.0 Å². The van der Waals surface area contributed by atoms with Crippen molar-refractivity contribution in [3.05, 3.63) is 0 Å². The standard InChI is InChI=1S/C15H26N2O5S/c1-3-16(4-2)23(21,22)10-14(18)17-12-8-6-5-7-11(12)9-13(17)15(19)20/h11-13H,3-10H2,1-2H3,(H,19,20)/t11-,12+,13-/m0/s1. The Bertz CT molecular complexity index is 558. The second kappa shape index (κ2) is 7.17. The Morgan fingerprint density at radius 1 is 1.17 bits per heavy atom. The largest absolute Gasteiger partial charge is 0.480 e. The van der Waals surface area contributed by atoms with Gasteiger partial charge in [0.1, 0.15) is 11.8 Å². The smallest absolute Gasteiger partial charge is 0.326 e. The summed E-state index contributed by atoms with van der Waals surface area (Å²) in [5.41, 5.74) is 0. The van der Waals surface area contributed by atoms with Gasteiger partial charge in [0.05, 0.1) is 0 Å². The second-order valence-electron chi connectivity index (χ2n) is 6.34. The zero-order chi connectivity index (χ0) is 17.2. The molecule has 0 aromatic heterocycles. The molecule has 2 aliphatic rings. The molecule has 1 amide bonds. The number of hydrogen-bond acceptors (Lipinski definition) is 4. The molecule has 1 N–H and O–H groups in total. The molecule has 1 aliphatic carbocycles. The van der Waals surface area contributed by atoms with Crippen molar-refractivity contribution in [1.82, 2.24) is 9.21 Å². The van der Waals surface area contributed by atoms with E-state index in [0.717, 1.165) is 25.7 Å². The Labute approximate surface area is 137 Å². The van der Waals surface area contributed by atoms with Crippen LogP contribution in [0.25, 0.3) is 0 Å². The molecule has 7 nitrogen and oxygen atoms in total. The van der Waals surface area contributed by atoms with Crippen LogP contribution < -0.4 is 0 Å². The lowest BCUT2D eigenvalue weighted by molar-refractivity contribution is -0.148. The van der Waals surface area contributed by atoms with E-state index in [0.29, 0.717) is 19.5 Å². The Balaban J connectivity index is 2.19. The van der Waals surface area contributed by atoms with E-state index in [1.54, 1.807) is 13.8 Å². The number of carbonyl (C=O) groups is 2. The molecule has 1 saturated heterocycles. The minimum Gasteiger partial charge on any atom is -0.480 e. The monoisotopic (exact) mass is 346 g/mol. The van der Waals surface area contributed by atoms with E-state index >= 15 is 0 Å². The first-order valence-electron chi connectivity index (χ1n) is 8.33. The summed E-state index contributed by atoms with van der Waals surface area (Å²) < 4.78 is 25.9. The number of carbonyl (C=O) groups excluding carboxylic acids is 1. The summed E-state index contributed by atoms with van der Waals surface area (Å²) in [6.45, 7) is 4.05. The number of hydrogen-bond donors (Lipinski definition) is 1. The van der Waals surface area contributed by atoms with Gasteiger partial charge in [-0.05, 0) is 25.2 Å². The maximum absolute atomic E-state index is 12.6. The lowest BCUT2D eigenvalue weighted by Gasteiger charge is -2.33. The Morgan fingerprint density at radius 2 is 1.78 bits per heavy atom. The van der Waals surface area contributed by atoms with E-state index < -0.39 is 33.7 Å². The highest BCUT2D eigenvalue weighted by Gasteiger charge is 2.48. The van der Waals surface area contributed by atoms with Crippen molar-refractivity contribution < 1.29 is 23.1 Å². The Morgan fingerprint density at radius 3 is 2.35 bits per heavy atom. The molecule has 0 aromatic carbocycles. The topological polar surface area (TPSA) is 95.0 Å². The molecule has 0 bridgehead atoms. The quantitative estimate of drug-likeness (QED) is 0.771. The first-order valence-corrected chi connectivity index (χ1v) is 9.94. The molecule has 0 spiro atoms. The van der Waals surface area contributed by atoms with Crippen LogP contribution in [0.3, 0.4) is 0 Å². The average molecular weight is 346 g/mol. The lowest BCUT2D eigenvalue weighted by Crippen LogP contribution is -2.49. The molecular weight excluding hydrogens is 320 g/mol. The minimum atomic E-state index is -3.70. The number of carboxylic acids is 1. The highest BCUT2D eigenvalue weighted by molar-refractivity contribution is 7.89. The fraction of sp³-hybridized carbons (Fsp3) is 0.867. The van der Waals surface area contributed by atoms with Crippen molar-refractivity contribution >= 4 is 21.9 Å². The molecule has 132 valence electrons. The number of carboxylic acid groups (broad SMARTS) is 1. The van der Waals surface area contributed by atoms with Crippen molar-refractivity contribution in [2.24, 2.45) is 5.92 Å². The minimum absolute atomic E-state index is 0.121. The molecule has 0 aromatic rings. The van der Waals surface area contributed by atoms with Crippen LogP contribution in [0.2, 0.25) is 0 Å². The molecule has 1 aliphatic heterocycles. The fourth-order valence-electron chi connectivity index (χ4n) is 3.98. The van der Waals surface area contributed by atoms with Gasteiger partial charge in [0.2, 0.25) is 15.9 Å². The molecule has 2 fully saturated rings. The number of rotatable bonds is 6. The molecular formula is C15H26N2O5S. The normalized spacial score (nSPS) is 28.0. The number of amides is 1. The van der Waals surface area contributed by atoms with Gasteiger partial charge < -0.3 is 10.0 Å². The predicted octanol–water partition coefficient (Wildman–Crippen LogP) is 0.902. The van der Waals surface area contributed by atoms with Gasteiger partial charge in [-0.25, -0.2) is 17.5 Å². The molecule has 1 saturated carbocycles. The number of likely N-dealkylation sites (tertiary alicyclic amines) is 1. The van der Waals surface area contributed by atoms with Crippen LogP contribution in [-0.4, -0.2) is 65.5 Å². The number of aliphatic carboxylic acids is 1. The second-order valence-corrected chi connectivity index (χ2v) is 8.31. The maximum Gasteiger partial charge on any atom is 0.326 e. The van der Waals surface area contributed by atoms with Crippen LogP contribution in [0.15, 0.2) is 0 Å². The van der Waals surface area contributed by atoms with Crippen LogP contribution in [0.4, 0.5) is 0 Å². The van der Waals surface area contributed by atoms with Crippen molar-refractivity contribution in [3.63, 3.8) is 0 Å². The van der Waals surface area contributed by atoms with Crippen molar-refractivity contribution in [2.45, 2.75) is 58.0 Å². The van der Waals surface area contributed by atoms with Gasteiger partial charge in [-0.3, -0.25) is 4.79 Å². The lowest BCUT2D eigenvalue weighted by atomic mass is 9.85. The average Bonchev–Trinajstić information content (AvgIpc) is 2.87.